The highest BCUT2D eigenvalue weighted by Crippen LogP contribution is 2.06. The summed E-state index contributed by atoms with van der Waals surface area (Å²) in [6.07, 6.45) is 2.47. The minimum atomic E-state index is -3.67. The Bertz CT molecular complexity index is 297. The van der Waals surface area contributed by atoms with Crippen LogP contribution in [0.3, 0.4) is 0 Å². The van der Waals surface area contributed by atoms with Gasteiger partial charge in [-0.3, -0.25) is 4.55 Å². The Morgan fingerprint density at radius 2 is 1.76 bits per heavy atom. The molecule has 2 N–H and O–H groups in total. The van der Waals surface area contributed by atoms with Gasteiger partial charge in [-0.1, -0.05) is 13.3 Å². The molecule has 0 aliphatic carbocycles. The molecule has 0 spiro atoms. The standard InChI is InChI=1S/C9H19NO2.CH4O3S/c1-5-6-7-10-8(11)12-9(2,3)4;1-5(2,3)4/h5-7H2,1-4H3,(H,10,11);1H3,(H,2,3,4). The zero-order chi connectivity index (χ0) is 14.1. The summed E-state index contributed by atoms with van der Waals surface area (Å²) in [6, 6.07) is 0. The number of hydrogen-bond acceptors (Lipinski definition) is 4. The van der Waals surface area contributed by atoms with Crippen LogP contribution in [0.4, 0.5) is 4.79 Å². The highest BCUT2D eigenvalue weighted by atomic mass is 32.2. The normalized spacial score (nSPS) is 11.2. The molecule has 0 saturated heterocycles. The van der Waals surface area contributed by atoms with Gasteiger partial charge in [-0.2, -0.15) is 8.42 Å². The van der Waals surface area contributed by atoms with Gasteiger partial charge < -0.3 is 10.1 Å². The van der Waals surface area contributed by atoms with Crippen molar-refractivity contribution in [2.45, 2.75) is 46.1 Å². The number of carbonyl (C=O) groups is 1. The lowest BCUT2D eigenvalue weighted by molar-refractivity contribution is 0.0527. The van der Waals surface area contributed by atoms with E-state index in [1.165, 1.54) is 0 Å². The van der Waals surface area contributed by atoms with Crippen molar-refractivity contribution >= 4 is 16.2 Å². The Labute approximate surface area is 103 Å². The molecule has 0 rings (SSSR count). The first-order chi connectivity index (χ1) is 7.45. The van der Waals surface area contributed by atoms with Crippen molar-refractivity contribution in [3.05, 3.63) is 0 Å². The second kappa shape index (κ2) is 8.30. The van der Waals surface area contributed by atoms with Crippen LogP contribution in [0.5, 0.6) is 0 Å². The zero-order valence-corrected chi connectivity index (χ0v) is 11.9. The van der Waals surface area contributed by atoms with E-state index < -0.39 is 15.7 Å². The second-order valence-corrected chi connectivity index (χ2v) is 5.98. The number of alkyl carbamates (subject to hydrolysis) is 1. The highest BCUT2D eigenvalue weighted by Gasteiger charge is 2.14. The van der Waals surface area contributed by atoms with Crippen molar-refractivity contribution in [1.29, 1.82) is 0 Å². The van der Waals surface area contributed by atoms with Crippen molar-refractivity contribution in [3.63, 3.8) is 0 Å². The summed E-state index contributed by atoms with van der Waals surface area (Å²) in [5.74, 6) is 0. The van der Waals surface area contributed by atoms with Crippen molar-refractivity contribution < 1.29 is 22.5 Å². The smallest absolute Gasteiger partial charge is 0.407 e. The summed E-state index contributed by atoms with van der Waals surface area (Å²) < 4.78 is 30.9. The number of rotatable bonds is 3. The van der Waals surface area contributed by atoms with Crippen molar-refractivity contribution in [1.82, 2.24) is 5.32 Å². The molecule has 0 saturated carbocycles. The van der Waals surface area contributed by atoms with Crippen LogP contribution >= 0.6 is 0 Å². The van der Waals surface area contributed by atoms with E-state index in [9.17, 15) is 13.2 Å². The highest BCUT2D eigenvalue weighted by molar-refractivity contribution is 7.85. The largest absolute Gasteiger partial charge is 0.444 e. The van der Waals surface area contributed by atoms with E-state index in [0.717, 1.165) is 12.8 Å². The first-order valence-electron chi connectivity index (χ1n) is 5.35. The lowest BCUT2D eigenvalue weighted by atomic mass is 10.2. The van der Waals surface area contributed by atoms with E-state index in [2.05, 4.69) is 12.2 Å². The molecule has 0 radical (unpaired) electrons. The SMILES string of the molecule is CCCCNC(=O)OC(C)(C)C.CS(=O)(=O)O. The quantitative estimate of drug-likeness (QED) is 0.602. The Kier molecular flexibility index (Phi) is 9.05. The summed E-state index contributed by atoms with van der Waals surface area (Å²) in [5.41, 5.74) is -0.393. The average Bonchev–Trinajstić information content (AvgIpc) is 1.97. The van der Waals surface area contributed by atoms with Gasteiger partial charge in [-0.15, -0.1) is 0 Å². The third kappa shape index (κ3) is 31.3. The van der Waals surface area contributed by atoms with Crippen LogP contribution in [0, 0.1) is 0 Å². The predicted octanol–water partition coefficient (Wildman–Crippen LogP) is 1.82. The van der Waals surface area contributed by atoms with Crippen molar-refractivity contribution in [2.75, 3.05) is 12.8 Å². The number of nitrogens with one attached hydrogen (secondary N) is 1. The molecule has 0 aliphatic rings. The van der Waals surface area contributed by atoms with E-state index in [1.54, 1.807) is 0 Å². The Hall–Kier alpha value is -0.820. The van der Waals surface area contributed by atoms with Gasteiger partial charge in [0.25, 0.3) is 10.1 Å². The lowest BCUT2D eigenvalue weighted by Crippen LogP contribution is -2.32. The van der Waals surface area contributed by atoms with Crippen LogP contribution < -0.4 is 5.32 Å². The van der Waals surface area contributed by atoms with Gasteiger partial charge in [0.2, 0.25) is 0 Å². The van der Waals surface area contributed by atoms with Crippen LogP contribution in [-0.4, -0.2) is 37.5 Å². The maximum atomic E-state index is 11.0. The van der Waals surface area contributed by atoms with Crippen LogP contribution in [0.25, 0.3) is 0 Å². The third-order valence-electron chi connectivity index (χ3n) is 1.20. The molecule has 6 nitrogen and oxygen atoms in total. The molecule has 0 aromatic carbocycles. The summed E-state index contributed by atoms with van der Waals surface area (Å²) in [6.45, 7) is 8.34. The third-order valence-corrected chi connectivity index (χ3v) is 1.20. The summed E-state index contributed by atoms with van der Waals surface area (Å²) >= 11 is 0. The monoisotopic (exact) mass is 269 g/mol. The molecular formula is C10H23NO5S. The maximum absolute atomic E-state index is 11.0. The number of amides is 1. The lowest BCUT2D eigenvalue weighted by Gasteiger charge is -2.19. The van der Waals surface area contributed by atoms with Gasteiger partial charge >= 0.3 is 6.09 Å². The van der Waals surface area contributed by atoms with E-state index in [-0.39, 0.29) is 6.09 Å². The van der Waals surface area contributed by atoms with Gasteiger partial charge in [-0.05, 0) is 27.2 Å². The first-order valence-corrected chi connectivity index (χ1v) is 7.20. The first kappa shape index (κ1) is 18.5. The van der Waals surface area contributed by atoms with Crippen molar-refractivity contribution in [2.24, 2.45) is 0 Å². The second-order valence-electron chi connectivity index (χ2n) is 4.52. The minimum Gasteiger partial charge on any atom is -0.444 e. The number of carbonyl (C=O) groups excluding carboxylic acids is 1. The molecule has 0 fully saturated rings. The Morgan fingerprint density at radius 1 is 1.35 bits per heavy atom. The number of unbranched alkanes of at least 4 members (excludes halogenated alkanes) is 1. The molecule has 0 aromatic rings. The molecular weight excluding hydrogens is 246 g/mol. The molecule has 0 aromatic heterocycles. The molecule has 0 heterocycles. The Balaban J connectivity index is 0. The fourth-order valence-corrected chi connectivity index (χ4v) is 0.681. The molecule has 0 unspecified atom stereocenters. The van der Waals surface area contributed by atoms with Gasteiger partial charge in [0.05, 0.1) is 6.26 Å². The van der Waals surface area contributed by atoms with Crippen LogP contribution in [-0.2, 0) is 14.9 Å². The van der Waals surface area contributed by atoms with Crippen molar-refractivity contribution in [3.8, 4) is 0 Å². The van der Waals surface area contributed by atoms with Crippen LogP contribution in [0.1, 0.15) is 40.5 Å². The molecule has 0 atom stereocenters. The summed E-state index contributed by atoms with van der Waals surface area (Å²) in [5, 5.41) is 2.68. The minimum absolute atomic E-state index is 0.323. The summed E-state index contributed by atoms with van der Waals surface area (Å²) in [4.78, 5) is 11.0. The maximum Gasteiger partial charge on any atom is 0.407 e. The summed E-state index contributed by atoms with van der Waals surface area (Å²) in [7, 11) is -3.67. The van der Waals surface area contributed by atoms with Gasteiger partial charge in [0.1, 0.15) is 5.60 Å². The van der Waals surface area contributed by atoms with Gasteiger partial charge in [0.15, 0.2) is 0 Å². The van der Waals surface area contributed by atoms with Crippen LogP contribution in [0.15, 0.2) is 0 Å². The average molecular weight is 269 g/mol. The van der Waals surface area contributed by atoms with E-state index in [1.807, 2.05) is 20.8 Å². The molecule has 17 heavy (non-hydrogen) atoms. The molecule has 0 aliphatic heterocycles. The van der Waals surface area contributed by atoms with E-state index >= 15 is 0 Å². The van der Waals surface area contributed by atoms with Crippen LogP contribution in [0.2, 0.25) is 0 Å². The molecule has 104 valence electrons. The number of hydrogen-bond donors (Lipinski definition) is 2. The van der Waals surface area contributed by atoms with E-state index in [0.29, 0.717) is 12.8 Å². The topological polar surface area (TPSA) is 92.7 Å². The molecule has 1 amide bonds. The fourth-order valence-electron chi connectivity index (χ4n) is 0.681. The zero-order valence-electron chi connectivity index (χ0n) is 11.1. The number of ether oxygens (including phenoxy) is 1. The predicted molar refractivity (Wildman–Crippen MR) is 66.6 cm³/mol. The fraction of sp³-hybridized carbons (Fsp3) is 0.900. The van der Waals surface area contributed by atoms with Gasteiger partial charge in [0, 0.05) is 6.54 Å². The van der Waals surface area contributed by atoms with Gasteiger partial charge in [-0.25, -0.2) is 4.79 Å². The molecule has 7 heteroatoms. The Morgan fingerprint density at radius 3 is 2.06 bits per heavy atom. The van der Waals surface area contributed by atoms with E-state index in [4.69, 9.17) is 9.29 Å². The molecule has 0 bridgehead atoms.